The maximum absolute atomic E-state index is 10.5. The highest BCUT2D eigenvalue weighted by Crippen LogP contribution is 2.35. The predicted molar refractivity (Wildman–Crippen MR) is 66.3 cm³/mol. The van der Waals surface area contributed by atoms with Crippen LogP contribution in [0, 0.1) is 0 Å². The molecular formula is C9H17O12P. The summed E-state index contributed by atoms with van der Waals surface area (Å²) < 4.78 is 18.1. The van der Waals surface area contributed by atoms with Gasteiger partial charge in [-0.1, -0.05) is 0 Å². The molecule has 0 saturated carbocycles. The van der Waals surface area contributed by atoms with Gasteiger partial charge in [-0.3, -0.25) is 4.52 Å². The standard InChI is InChI=1S/C6H8O6.C3H9O6P/c7-1-2(8)5-3(9)4(10)6(11)12-5;4-1-3(5)2-9-10(6,7)8/h2,5,7-10H,1H2;3-5H,1-2H2,(H2,6,7,8)/t2-,5+;/m0./s1. The zero-order valence-corrected chi connectivity index (χ0v) is 11.9. The van der Waals surface area contributed by atoms with Gasteiger partial charge < -0.3 is 45.2 Å². The average Bonchev–Trinajstić information content (AvgIpc) is 2.71. The molecular weight excluding hydrogens is 331 g/mol. The third-order valence-electron chi connectivity index (χ3n) is 2.12. The van der Waals surface area contributed by atoms with E-state index >= 15 is 0 Å². The average molecular weight is 348 g/mol. The first-order chi connectivity index (χ1) is 10.0. The minimum atomic E-state index is -4.50. The summed E-state index contributed by atoms with van der Waals surface area (Å²) in [6.45, 7) is -1.82. The van der Waals surface area contributed by atoms with E-state index in [1.165, 1.54) is 0 Å². The largest absolute Gasteiger partial charge is 0.505 e. The van der Waals surface area contributed by atoms with Crippen LogP contribution in [0.2, 0.25) is 0 Å². The van der Waals surface area contributed by atoms with Gasteiger partial charge in [-0.25, -0.2) is 9.36 Å². The van der Waals surface area contributed by atoms with E-state index in [-0.39, 0.29) is 0 Å². The minimum absolute atomic E-state index is 0.569. The molecule has 1 rings (SSSR count). The molecule has 0 amide bonds. The number of cyclic esters (lactones) is 1. The normalized spacial score (nSPS) is 21.0. The van der Waals surface area contributed by atoms with Crippen molar-refractivity contribution in [3.05, 3.63) is 11.5 Å². The van der Waals surface area contributed by atoms with E-state index in [2.05, 4.69) is 9.26 Å². The van der Waals surface area contributed by atoms with Crippen molar-refractivity contribution in [2.75, 3.05) is 19.8 Å². The highest BCUT2D eigenvalue weighted by Gasteiger charge is 2.38. The lowest BCUT2D eigenvalue weighted by atomic mass is 10.2. The molecule has 0 saturated heterocycles. The Labute approximate surface area is 123 Å². The molecule has 1 heterocycles. The predicted octanol–water partition coefficient (Wildman–Crippen LogP) is -2.96. The summed E-state index contributed by atoms with van der Waals surface area (Å²) in [6.07, 6.45) is -4.02. The van der Waals surface area contributed by atoms with E-state index in [9.17, 15) is 9.36 Å². The fourth-order valence-corrected chi connectivity index (χ4v) is 1.42. The van der Waals surface area contributed by atoms with Crippen molar-refractivity contribution in [1.29, 1.82) is 0 Å². The van der Waals surface area contributed by atoms with Crippen LogP contribution in [0.3, 0.4) is 0 Å². The van der Waals surface area contributed by atoms with Gasteiger partial charge in [0.1, 0.15) is 12.2 Å². The highest BCUT2D eigenvalue weighted by atomic mass is 31.2. The lowest BCUT2D eigenvalue weighted by Gasteiger charge is -2.13. The first kappa shape index (κ1) is 20.8. The molecule has 0 fully saturated rings. The molecule has 0 aromatic rings. The van der Waals surface area contributed by atoms with Gasteiger partial charge in [-0.15, -0.1) is 0 Å². The third-order valence-corrected chi connectivity index (χ3v) is 2.61. The van der Waals surface area contributed by atoms with Gasteiger partial charge in [0.25, 0.3) is 0 Å². The topological polar surface area (TPSA) is 214 Å². The Balaban J connectivity index is 0.000000409. The van der Waals surface area contributed by atoms with Crippen molar-refractivity contribution in [2.24, 2.45) is 0 Å². The number of carbonyl (C=O) groups is 1. The second kappa shape index (κ2) is 9.02. The monoisotopic (exact) mass is 348 g/mol. The zero-order valence-electron chi connectivity index (χ0n) is 11.0. The Morgan fingerprint density at radius 2 is 1.73 bits per heavy atom. The van der Waals surface area contributed by atoms with Gasteiger partial charge in [-0.05, 0) is 0 Å². The third kappa shape index (κ3) is 7.15. The number of ether oxygens (including phenoxy) is 1. The van der Waals surface area contributed by atoms with Crippen molar-refractivity contribution in [3.63, 3.8) is 0 Å². The number of esters is 1. The van der Waals surface area contributed by atoms with Crippen LogP contribution in [0.4, 0.5) is 0 Å². The molecule has 130 valence electrons. The van der Waals surface area contributed by atoms with E-state index < -0.39 is 63.4 Å². The van der Waals surface area contributed by atoms with E-state index in [1.54, 1.807) is 0 Å². The molecule has 0 spiro atoms. The molecule has 1 unspecified atom stereocenters. The Kier molecular flexibility index (Phi) is 8.52. The van der Waals surface area contributed by atoms with Gasteiger partial charge in [0.15, 0.2) is 11.9 Å². The minimum Gasteiger partial charge on any atom is -0.505 e. The van der Waals surface area contributed by atoms with Crippen molar-refractivity contribution in [3.8, 4) is 0 Å². The Hall–Kier alpha value is -1.24. The zero-order chi connectivity index (χ0) is 17.5. The number of rotatable bonds is 6. The molecule has 0 radical (unpaired) electrons. The molecule has 0 aromatic heterocycles. The number of hydrogen-bond donors (Lipinski definition) is 8. The molecule has 0 aliphatic carbocycles. The summed E-state index contributed by atoms with van der Waals surface area (Å²) in [7, 11) is -4.50. The first-order valence-corrected chi connectivity index (χ1v) is 7.17. The van der Waals surface area contributed by atoms with E-state index in [0.717, 1.165) is 0 Å². The summed E-state index contributed by atoms with van der Waals surface area (Å²) in [5, 5.41) is 51.7. The first-order valence-electron chi connectivity index (χ1n) is 5.64. The van der Waals surface area contributed by atoms with Gasteiger partial charge in [0.2, 0.25) is 5.76 Å². The quantitative estimate of drug-likeness (QED) is 0.178. The molecule has 3 atom stereocenters. The van der Waals surface area contributed by atoms with E-state index in [1.807, 2.05) is 0 Å². The molecule has 1 aliphatic heterocycles. The molecule has 8 N–H and O–H groups in total. The van der Waals surface area contributed by atoms with Crippen molar-refractivity contribution >= 4 is 13.8 Å². The van der Waals surface area contributed by atoms with Gasteiger partial charge in [0, 0.05) is 0 Å². The highest BCUT2D eigenvalue weighted by molar-refractivity contribution is 7.46. The molecule has 0 aromatic carbocycles. The number of aliphatic hydroxyl groups is 6. The second-order valence-electron chi connectivity index (χ2n) is 3.93. The number of hydrogen-bond acceptors (Lipinski definition) is 10. The lowest BCUT2D eigenvalue weighted by Crippen LogP contribution is -2.31. The van der Waals surface area contributed by atoms with Crippen LogP contribution in [0.5, 0.6) is 0 Å². The summed E-state index contributed by atoms with van der Waals surface area (Å²) >= 11 is 0. The summed E-state index contributed by atoms with van der Waals surface area (Å²) in [5.41, 5.74) is 0. The lowest BCUT2D eigenvalue weighted by molar-refractivity contribution is -0.147. The van der Waals surface area contributed by atoms with Crippen molar-refractivity contribution in [2.45, 2.75) is 18.3 Å². The van der Waals surface area contributed by atoms with E-state index in [0.29, 0.717) is 0 Å². The Morgan fingerprint density at radius 1 is 1.18 bits per heavy atom. The van der Waals surface area contributed by atoms with Crippen molar-refractivity contribution in [1.82, 2.24) is 0 Å². The number of phosphoric ester groups is 1. The molecule has 12 nitrogen and oxygen atoms in total. The number of carbonyl (C=O) groups excluding carboxylic acids is 1. The maximum atomic E-state index is 10.5. The van der Waals surface area contributed by atoms with E-state index in [4.69, 9.17) is 40.4 Å². The van der Waals surface area contributed by atoms with Gasteiger partial charge >= 0.3 is 13.8 Å². The summed E-state index contributed by atoms with van der Waals surface area (Å²) in [5.74, 6) is -2.78. The SMILES string of the molecule is O=C1O[C@H]([C@@H](O)CO)C(O)=C1O.O=P(O)(O)OCC(O)CO. The fraction of sp³-hybridized carbons (Fsp3) is 0.667. The van der Waals surface area contributed by atoms with Crippen LogP contribution < -0.4 is 0 Å². The molecule has 22 heavy (non-hydrogen) atoms. The fourth-order valence-electron chi connectivity index (χ4n) is 1.06. The maximum Gasteiger partial charge on any atom is 0.469 e. The Morgan fingerprint density at radius 3 is 2.05 bits per heavy atom. The van der Waals surface area contributed by atoms with Crippen LogP contribution in [-0.4, -0.2) is 84.5 Å². The van der Waals surface area contributed by atoms with Crippen LogP contribution in [0.25, 0.3) is 0 Å². The number of phosphoric acid groups is 1. The van der Waals surface area contributed by atoms with Crippen LogP contribution in [0.15, 0.2) is 11.5 Å². The number of aliphatic hydroxyl groups excluding tert-OH is 6. The van der Waals surface area contributed by atoms with Crippen LogP contribution >= 0.6 is 7.82 Å². The smallest absolute Gasteiger partial charge is 0.469 e. The molecule has 13 heteroatoms. The Bertz CT molecular complexity index is 442. The van der Waals surface area contributed by atoms with Gasteiger partial charge in [0.05, 0.1) is 19.8 Å². The molecule has 1 aliphatic rings. The van der Waals surface area contributed by atoms with Crippen molar-refractivity contribution < 1.29 is 59.0 Å². The van der Waals surface area contributed by atoms with Crippen LogP contribution in [-0.2, 0) is 18.6 Å². The second-order valence-corrected chi connectivity index (χ2v) is 5.17. The molecule has 0 bridgehead atoms. The summed E-state index contributed by atoms with van der Waals surface area (Å²) in [6, 6.07) is 0. The van der Waals surface area contributed by atoms with Gasteiger partial charge in [-0.2, -0.15) is 0 Å². The summed E-state index contributed by atoms with van der Waals surface area (Å²) in [4.78, 5) is 26.6. The van der Waals surface area contributed by atoms with Crippen LogP contribution in [0.1, 0.15) is 0 Å².